The van der Waals surface area contributed by atoms with Gasteiger partial charge in [0.2, 0.25) is 0 Å². The van der Waals surface area contributed by atoms with Crippen LogP contribution in [-0.4, -0.2) is 20.0 Å². The van der Waals surface area contributed by atoms with E-state index in [0.717, 1.165) is 16.9 Å². The molecular formula is C16H19N3O. The third-order valence-electron chi connectivity index (χ3n) is 3.13. The van der Waals surface area contributed by atoms with E-state index in [9.17, 15) is 4.79 Å². The lowest BCUT2D eigenvalue weighted by Gasteiger charge is -2.14. The molecule has 0 aromatic heterocycles. The number of benzene rings is 2. The van der Waals surface area contributed by atoms with Gasteiger partial charge in [0.1, 0.15) is 0 Å². The number of rotatable bonds is 3. The van der Waals surface area contributed by atoms with E-state index < -0.39 is 0 Å². The second kappa shape index (κ2) is 5.65. The van der Waals surface area contributed by atoms with E-state index in [4.69, 9.17) is 5.73 Å². The Morgan fingerprint density at radius 3 is 2.60 bits per heavy atom. The lowest BCUT2D eigenvalue weighted by Crippen LogP contribution is -2.14. The molecule has 0 aliphatic rings. The minimum Gasteiger partial charge on any atom is -0.399 e. The molecule has 0 unspecified atom stereocenters. The summed E-state index contributed by atoms with van der Waals surface area (Å²) in [6, 6.07) is 13.0. The van der Waals surface area contributed by atoms with Gasteiger partial charge < -0.3 is 16.0 Å². The van der Waals surface area contributed by atoms with Crippen molar-refractivity contribution in [1.29, 1.82) is 0 Å². The van der Waals surface area contributed by atoms with E-state index in [0.29, 0.717) is 11.3 Å². The number of carbonyl (C=O) groups is 1. The number of carbonyl (C=O) groups excluding carboxylic acids is 1. The van der Waals surface area contributed by atoms with Gasteiger partial charge in [-0.15, -0.1) is 0 Å². The van der Waals surface area contributed by atoms with Gasteiger partial charge in [0.25, 0.3) is 5.91 Å². The summed E-state index contributed by atoms with van der Waals surface area (Å²) < 4.78 is 0. The molecule has 0 bridgehead atoms. The molecule has 0 radical (unpaired) electrons. The van der Waals surface area contributed by atoms with E-state index in [2.05, 4.69) is 5.32 Å². The van der Waals surface area contributed by atoms with Crippen molar-refractivity contribution in [3.8, 4) is 0 Å². The van der Waals surface area contributed by atoms with E-state index in [1.165, 1.54) is 0 Å². The van der Waals surface area contributed by atoms with E-state index in [-0.39, 0.29) is 5.91 Å². The lowest BCUT2D eigenvalue weighted by molar-refractivity contribution is 0.102. The summed E-state index contributed by atoms with van der Waals surface area (Å²) >= 11 is 0. The largest absolute Gasteiger partial charge is 0.399 e. The Kier molecular flexibility index (Phi) is 3.94. The predicted molar refractivity (Wildman–Crippen MR) is 84.3 cm³/mol. The van der Waals surface area contributed by atoms with Gasteiger partial charge in [0.15, 0.2) is 0 Å². The fourth-order valence-corrected chi connectivity index (χ4v) is 1.94. The summed E-state index contributed by atoms with van der Waals surface area (Å²) in [5, 5.41) is 2.90. The third-order valence-corrected chi connectivity index (χ3v) is 3.13. The number of nitrogens with one attached hydrogen (secondary N) is 1. The zero-order chi connectivity index (χ0) is 14.7. The SMILES string of the molecule is Cc1ccc(N)cc1C(=O)Nc1cccc(N(C)C)c1. The topological polar surface area (TPSA) is 58.4 Å². The van der Waals surface area contributed by atoms with Gasteiger partial charge in [0.05, 0.1) is 0 Å². The molecular weight excluding hydrogens is 250 g/mol. The van der Waals surface area contributed by atoms with Gasteiger partial charge in [-0.2, -0.15) is 0 Å². The molecule has 0 heterocycles. The van der Waals surface area contributed by atoms with Crippen molar-refractivity contribution in [2.75, 3.05) is 30.0 Å². The van der Waals surface area contributed by atoms with Gasteiger partial charge in [0, 0.05) is 36.7 Å². The van der Waals surface area contributed by atoms with Gasteiger partial charge in [-0.25, -0.2) is 0 Å². The quantitative estimate of drug-likeness (QED) is 0.842. The summed E-state index contributed by atoms with van der Waals surface area (Å²) in [5.74, 6) is -0.147. The minimum absolute atomic E-state index is 0.147. The Hall–Kier alpha value is -2.49. The first kappa shape index (κ1) is 13.9. The van der Waals surface area contributed by atoms with Crippen molar-refractivity contribution >= 4 is 23.0 Å². The number of hydrogen-bond acceptors (Lipinski definition) is 3. The summed E-state index contributed by atoms with van der Waals surface area (Å²) in [6.45, 7) is 1.89. The molecule has 0 spiro atoms. The molecule has 0 aliphatic heterocycles. The minimum atomic E-state index is -0.147. The molecule has 0 aliphatic carbocycles. The maximum absolute atomic E-state index is 12.3. The number of nitrogens with zero attached hydrogens (tertiary/aromatic N) is 1. The normalized spacial score (nSPS) is 10.2. The van der Waals surface area contributed by atoms with Crippen molar-refractivity contribution in [1.82, 2.24) is 0 Å². The molecule has 0 atom stereocenters. The van der Waals surface area contributed by atoms with Crippen LogP contribution in [0.4, 0.5) is 17.1 Å². The Morgan fingerprint density at radius 1 is 1.15 bits per heavy atom. The van der Waals surface area contributed by atoms with Crippen molar-refractivity contribution in [2.45, 2.75) is 6.92 Å². The molecule has 1 amide bonds. The third kappa shape index (κ3) is 3.09. The summed E-state index contributed by atoms with van der Waals surface area (Å²) in [6.07, 6.45) is 0. The molecule has 2 aromatic carbocycles. The fourth-order valence-electron chi connectivity index (χ4n) is 1.94. The van der Waals surface area contributed by atoms with Gasteiger partial charge >= 0.3 is 0 Å². The molecule has 2 aromatic rings. The molecule has 4 nitrogen and oxygen atoms in total. The summed E-state index contributed by atoms with van der Waals surface area (Å²) in [4.78, 5) is 14.3. The standard InChI is InChI=1S/C16H19N3O/c1-11-7-8-12(17)9-15(11)16(20)18-13-5-4-6-14(10-13)19(2)3/h4-10H,17H2,1-3H3,(H,18,20). The fraction of sp³-hybridized carbons (Fsp3) is 0.188. The first-order valence-corrected chi connectivity index (χ1v) is 6.42. The van der Waals surface area contributed by atoms with Crippen molar-refractivity contribution in [2.24, 2.45) is 0 Å². The van der Waals surface area contributed by atoms with Crippen LogP contribution in [0.5, 0.6) is 0 Å². The molecule has 0 fully saturated rings. The number of amides is 1. The lowest BCUT2D eigenvalue weighted by atomic mass is 10.1. The van der Waals surface area contributed by atoms with Crippen molar-refractivity contribution in [3.05, 3.63) is 53.6 Å². The highest BCUT2D eigenvalue weighted by atomic mass is 16.1. The first-order chi connectivity index (χ1) is 9.47. The van der Waals surface area contributed by atoms with Gasteiger partial charge in [-0.3, -0.25) is 4.79 Å². The van der Waals surface area contributed by atoms with E-state index >= 15 is 0 Å². The highest BCUT2D eigenvalue weighted by molar-refractivity contribution is 6.06. The molecule has 4 heteroatoms. The number of nitrogen functional groups attached to an aromatic ring is 1. The zero-order valence-electron chi connectivity index (χ0n) is 12.0. The van der Waals surface area contributed by atoms with E-state index in [1.54, 1.807) is 12.1 Å². The maximum Gasteiger partial charge on any atom is 0.256 e. The molecule has 3 N–H and O–H groups in total. The van der Waals surface area contributed by atoms with Crippen molar-refractivity contribution < 1.29 is 4.79 Å². The maximum atomic E-state index is 12.3. The van der Waals surface area contributed by atoms with Crippen LogP contribution in [0.3, 0.4) is 0 Å². The van der Waals surface area contributed by atoms with Crippen LogP contribution in [0, 0.1) is 6.92 Å². The van der Waals surface area contributed by atoms with Crippen molar-refractivity contribution in [3.63, 3.8) is 0 Å². The second-order valence-corrected chi connectivity index (χ2v) is 4.97. The second-order valence-electron chi connectivity index (χ2n) is 4.97. The Balaban J connectivity index is 2.23. The van der Waals surface area contributed by atoms with Crippen LogP contribution < -0.4 is 16.0 Å². The smallest absolute Gasteiger partial charge is 0.256 e. The predicted octanol–water partition coefficient (Wildman–Crippen LogP) is 2.90. The number of anilines is 3. The molecule has 0 saturated carbocycles. The van der Waals surface area contributed by atoms with Crippen LogP contribution in [-0.2, 0) is 0 Å². The number of aryl methyl sites for hydroxylation is 1. The highest BCUT2D eigenvalue weighted by Gasteiger charge is 2.10. The highest BCUT2D eigenvalue weighted by Crippen LogP contribution is 2.19. The zero-order valence-corrected chi connectivity index (χ0v) is 12.0. The average molecular weight is 269 g/mol. The van der Waals surface area contributed by atoms with Crippen LogP contribution >= 0.6 is 0 Å². The van der Waals surface area contributed by atoms with Crippen LogP contribution in [0.15, 0.2) is 42.5 Å². The number of nitrogens with two attached hydrogens (primary N) is 1. The summed E-state index contributed by atoms with van der Waals surface area (Å²) in [7, 11) is 3.92. The van der Waals surface area contributed by atoms with Crippen LogP contribution in [0.1, 0.15) is 15.9 Å². The van der Waals surface area contributed by atoms with Crippen LogP contribution in [0.25, 0.3) is 0 Å². The first-order valence-electron chi connectivity index (χ1n) is 6.42. The molecule has 104 valence electrons. The average Bonchev–Trinajstić information content (AvgIpc) is 2.41. The number of hydrogen-bond donors (Lipinski definition) is 2. The van der Waals surface area contributed by atoms with Gasteiger partial charge in [-0.05, 0) is 42.8 Å². The molecule has 2 rings (SSSR count). The van der Waals surface area contributed by atoms with Gasteiger partial charge in [-0.1, -0.05) is 12.1 Å². The monoisotopic (exact) mass is 269 g/mol. The van der Waals surface area contributed by atoms with E-state index in [1.807, 2.05) is 56.3 Å². The summed E-state index contributed by atoms with van der Waals surface area (Å²) in [5.41, 5.74) is 9.62. The Morgan fingerprint density at radius 2 is 1.90 bits per heavy atom. The molecule has 20 heavy (non-hydrogen) atoms. The Labute approximate surface area is 119 Å². The molecule has 0 saturated heterocycles. The Bertz CT molecular complexity index is 635. The van der Waals surface area contributed by atoms with Crippen LogP contribution in [0.2, 0.25) is 0 Å².